The number of carbonyl (C=O) groups excluding carboxylic acids is 1. The second-order valence-electron chi connectivity index (χ2n) is 6.53. The summed E-state index contributed by atoms with van der Waals surface area (Å²) in [5.74, 6) is 0.913. The summed E-state index contributed by atoms with van der Waals surface area (Å²) in [4.78, 5) is 12.1. The van der Waals surface area contributed by atoms with Crippen LogP contribution in [0.2, 0.25) is 0 Å². The van der Waals surface area contributed by atoms with Gasteiger partial charge in [0, 0.05) is 39.3 Å². The van der Waals surface area contributed by atoms with Gasteiger partial charge in [0.15, 0.2) is 0 Å². The van der Waals surface area contributed by atoms with Crippen molar-refractivity contribution in [3.63, 3.8) is 0 Å². The van der Waals surface area contributed by atoms with Crippen LogP contribution in [0.4, 0.5) is 0 Å². The van der Waals surface area contributed by atoms with Crippen LogP contribution in [0.5, 0.6) is 11.5 Å². The zero-order chi connectivity index (χ0) is 16.3. The molecule has 0 fully saturated rings. The molecule has 0 radical (unpaired) electrons. The van der Waals surface area contributed by atoms with Gasteiger partial charge in [0.1, 0.15) is 11.5 Å². The molecule has 0 aromatic heterocycles. The lowest BCUT2D eigenvalue weighted by molar-refractivity contribution is -0.130. The van der Waals surface area contributed by atoms with Crippen LogP contribution in [0.15, 0.2) is 48.1 Å². The quantitative estimate of drug-likeness (QED) is 0.383. The average Bonchev–Trinajstić information content (AvgIpc) is 3.08. The van der Waals surface area contributed by atoms with E-state index in [9.17, 15) is 9.90 Å². The van der Waals surface area contributed by atoms with Gasteiger partial charge in [0.2, 0.25) is 0 Å². The smallest absolute Gasteiger partial charge is 0.338 e. The zero-order valence-corrected chi connectivity index (χ0v) is 13.2. The van der Waals surface area contributed by atoms with Crippen LogP contribution in [0.3, 0.4) is 0 Å². The van der Waals surface area contributed by atoms with Crippen molar-refractivity contribution in [3.05, 3.63) is 59.2 Å². The fourth-order valence-corrected chi connectivity index (χ4v) is 3.93. The number of rotatable bonds is 2. The molecule has 0 saturated carbocycles. The molecule has 2 bridgehead atoms. The third kappa shape index (κ3) is 1.86. The van der Waals surface area contributed by atoms with Gasteiger partial charge in [-0.05, 0) is 20.3 Å². The molecule has 2 unspecified atom stereocenters. The first kappa shape index (κ1) is 14.1. The van der Waals surface area contributed by atoms with Crippen LogP contribution in [0, 0.1) is 0 Å². The monoisotopic (exact) mass is 306 g/mol. The Kier molecular flexibility index (Phi) is 2.89. The third-order valence-corrected chi connectivity index (χ3v) is 4.98. The second kappa shape index (κ2) is 4.72. The van der Waals surface area contributed by atoms with E-state index in [2.05, 4.69) is 19.6 Å². The van der Waals surface area contributed by atoms with E-state index in [0.29, 0.717) is 17.1 Å². The van der Waals surface area contributed by atoms with Gasteiger partial charge in [-0.1, -0.05) is 42.5 Å². The number of ether oxygens (including phenoxy) is 1. The Labute approximate surface area is 134 Å². The minimum Gasteiger partial charge on any atom is -0.507 e. The fraction of sp³-hybridized carbons (Fsp3) is 0.250. The van der Waals surface area contributed by atoms with Crippen molar-refractivity contribution in [2.45, 2.75) is 32.1 Å². The number of carbonyl (C=O) groups is 1. The van der Waals surface area contributed by atoms with E-state index >= 15 is 0 Å². The maximum absolute atomic E-state index is 12.1. The molecule has 23 heavy (non-hydrogen) atoms. The molecule has 0 spiro atoms. The van der Waals surface area contributed by atoms with Crippen molar-refractivity contribution in [1.29, 1.82) is 0 Å². The Morgan fingerprint density at radius 3 is 2.65 bits per heavy atom. The van der Waals surface area contributed by atoms with E-state index in [1.54, 1.807) is 6.92 Å². The topological polar surface area (TPSA) is 46.5 Å². The van der Waals surface area contributed by atoms with Gasteiger partial charge in [0.05, 0.1) is 0 Å². The molecular weight excluding hydrogens is 288 g/mol. The third-order valence-electron chi connectivity index (χ3n) is 4.98. The van der Waals surface area contributed by atoms with Crippen molar-refractivity contribution in [3.8, 4) is 11.5 Å². The predicted octanol–water partition coefficient (Wildman–Crippen LogP) is 4.56. The van der Waals surface area contributed by atoms with E-state index < -0.39 is 5.97 Å². The first-order chi connectivity index (χ1) is 11.0. The Hall–Kier alpha value is -2.55. The van der Waals surface area contributed by atoms with Crippen molar-refractivity contribution < 1.29 is 14.6 Å². The van der Waals surface area contributed by atoms with Crippen LogP contribution < -0.4 is 4.74 Å². The van der Waals surface area contributed by atoms with Crippen LogP contribution in [0.25, 0.3) is 10.8 Å². The molecule has 1 N–H and O–H groups in total. The highest BCUT2D eigenvalue weighted by Gasteiger charge is 2.42. The van der Waals surface area contributed by atoms with Crippen molar-refractivity contribution in [2.75, 3.05) is 0 Å². The highest BCUT2D eigenvalue weighted by atomic mass is 16.5. The Bertz CT molecular complexity index is 905. The standard InChI is InChI=1S/C20H18O3/c1-10(2)20(22)23-19-14-7-5-4-6-13(14)18(21)16-12-8-11(3)15(9-12)17(16)19/h4-8,12,15,21H,1,9H2,2-3H3. The largest absolute Gasteiger partial charge is 0.507 e. The number of fused-ring (bicyclic) bond motifs is 6. The summed E-state index contributed by atoms with van der Waals surface area (Å²) < 4.78 is 5.71. The lowest BCUT2D eigenvalue weighted by Crippen LogP contribution is -2.12. The zero-order valence-electron chi connectivity index (χ0n) is 13.2. The molecule has 2 aromatic rings. The molecule has 116 valence electrons. The van der Waals surface area contributed by atoms with Crippen LogP contribution in [-0.2, 0) is 4.79 Å². The Morgan fingerprint density at radius 1 is 1.26 bits per heavy atom. The highest BCUT2D eigenvalue weighted by Crippen LogP contribution is 2.60. The van der Waals surface area contributed by atoms with E-state index in [1.807, 2.05) is 24.3 Å². The summed E-state index contributed by atoms with van der Waals surface area (Å²) in [6.07, 6.45) is 3.16. The molecule has 3 heteroatoms. The number of phenols is 1. The first-order valence-electron chi connectivity index (χ1n) is 7.82. The number of hydrogen-bond acceptors (Lipinski definition) is 3. The predicted molar refractivity (Wildman–Crippen MR) is 89.9 cm³/mol. The van der Waals surface area contributed by atoms with Gasteiger partial charge in [0.25, 0.3) is 0 Å². The lowest BCUT2D eigenvalue weighted by atomic mass is 9.87. The molecule has 2 atom stereocenters. The van der Waals surface area contributed by atoms with Crippen molar-refractivity contribution >= 4 is 16.7 Å². The molecule has 2 aromatic carbocycles. The van der Waals surface area contributed by atoms with Gasteiger partial charge in [-0.2, -0.15) is 0 Å². The van der Waals surface area contributed by atoms with Gasteiger partial charge >= 0.3 is 5.97 Å². The van der Waals surface area contributed by atoms with E-state index in [0.717, 1.165) is 28.3 Å². The van der Waals surface area contributed by atoms with Crippen molar-refractivity contribution in [1.82, 2.24) is 0 Å². The second-order valence-corrected chi connectivity index (χ2v) is 6.53. The molecule has 2 aliphatic carbocycles. The van der Waals surface area contributed by atoms with Crippen LogP contribution in [0.1, 0.15) is 43.2 Å². The summed E-state index contributed by atoms with van der Waals surface area (Å²) in [5.41, 5.74) is 3.54. The SMILES string of the molecule is C=C(C)C(=O)Oc1c2c(c(O)c3ccccc13)C1C=C(C)C2C1. The van der Waals surface area contributed by atoms with Crippen LogP contribution in [-0.4, -0.2) is 11.1 Å². The fourth-order valence-electron chi connectivity index (χ4n) is 3.93. The summed E-state index contributed by atoms with van der Waals surface area (Å²) in [6, 6.07) is 7.53. The van der Waals surface area contributed by atoms with Crippen LogP contribution >= 0.6 is 0 Å². The normalized spacial score (nSPS) is 21.2. The maximum Gasteiger partial charge on any atom is 0.338 e. The Balaban J connectivity index is 2.03. The summed E-state index contributed by atoms with van der Waals surface area (Å²) in [5, 5.41) is 12.3. The van der Waals surface area contributed by atoms with E-state index in [4.69, 9.17) is 4.74 Å². The molecular formula is C20H18O3. The summed E-state index contributed by atoms with van der Waals surface area (Å²) in [6.45, 7) is 7.41. The molecule has 4 rings (SSSR count). The molecule has 0 heterocycles. The van der Waals surface area contributed by atoms with Crippen molar-refractivity contribution in [2.24, 2.45) is 0 Å². The van der Waals surface area contributed by atoms with E-state index in [-0.39, 0.29) is 11.8 Å². The summed E-state index contributed by atoms with van der Waals surface area (Å²) in [7, 11) is 0. The molecule has 0 aliphatic heterocycles. The molecule has 2 aliphatic rings. The molecule has 3 nitrogen and oxygen atoms in total. The number of aromatic hydroxyl groups is 1. The maximum atomic E-state index is 12.1. The number of esters is 1. The average molecular weight is 306 g/mol. The highest BCUT2D eigenvalue weighted by molar-refractivity contribution is 6.00. The van der Waals surface area contributed by atoms with Gasteiger partial charge in [-0.25, -0.2) is 4.79 Å². The minimum atomic E-state index is -0.424. The molecule has 0 saturated heterocycles. The minimum absolute atomic E-state index is 0.210. The number of hydrogen-bond donors (Lipinski definition) is 1. The van der Waals surface area contributed by atoms with Gasteiger partial charge in [-0.15, -0.1) is 0 Å². The number of benzene rings is 2. The molecule has 0 amide bonds. The first-order valence-corrected chi connectivity index (χ1v) is 7.82. The number of phenolic OH excluding ortho intramolecular Hbond substituents is 1. The van der Waals surface area contributed by atoms with E-state index in [1.165, 1.54) is 5.57 Å². The Morgan fingerprint density at radius 2 is 1.96 bits per heavy atom. The summed E-state index contributed by atoms with van der Waals surface area (Å²) >= 11 is 0. The van der Waals surface area contributed by atoms with Gasteiger partial charge < -0.3 is 9.84 Å². The van der Waals surface area contributed by atoms with Gasteiger partial charge in [-0.3, -0.25) is 0 Å². The lowest BCUT2D eigenvalue weighted by Gasteiger charge is -2.22. The number of allylic oxidation sites excluding steroid dienone is 2.